The maximum absolute atomic E-state index is 6.48. The first-order valence-corrected chi connectivity index (χ1v) is 10.1. The van der Waals surface area contributed by atoms with Crippen molar-refractivity contribution in [3.63, 3.8) is 0 Å². The monoisotopic (exact) mass is 421 g/mol. The Morgan fingerprint density at radius 3 is 2.17 bits per heavy atom. The van der Waals surface area contributed by atoms with Gasteiger partial charge < -0.3 is 24.3 Å². The smallest absolute Gasteiger partial charge is 0.179 e. The van der Waals surface area contributed by atoms with Gasteiger partial charge in [0.25, 0.3) is 0 Å². The first-order chi connectivity index (χ1) is 13.8. The van der Waals surface area contributed by atoms with Crippen molar-refractivity contribution in [2.45, 2.75) is 38.9 Å². The van der Waals surface area contributed by atoms with Crippen LogP contribution in [0.15, 0.2) is 36.4 Å². The van der Waals surface area contributed by atoms with Crippen LogP contribution in [-0.2, 0) is 11.2 Å². The fourth-order valence-corrected chi connectivity index (χ4v) is 3.38. The summed E-state index contributed by atoms with van der Waals surface area (Å²) in [6.45, 7) is 7.64. The molecule has 2 rings (SSSR count). The average Bonchev–Trinajstić information content (AvgIpc) is 2.70. The molecule has 0 saturated carbocycles. The fourth-order valence-electron chi connectivity index (χ4n) is 3.05. The molecule has 0 aliphatic heterocycles. The van der Waals surface area contributed by atoms with Crippen molar-refractivity contribution >= 4 is 11.6 Å². The molecule has 160 valence electrons. The molecule has 0 unspecified atom stereocenters. The van der Waals surface area contributed by atoms with Crippen LogP contribution in [0.25, 0.3) is 0 Å². The predicted molar refractivity (Wildman–Crippen MR) is 118 cm³/mol. The number of ether oxygens (including phenoxy) is 4. The Kier molecular flexibility index (Phi) is 8.62. The van der Waals surface area contributed by atoms with Gasteiger partial charge in [0.15, 0.2) is 11.5 Å². The number of rotatable bonds is 10. The molecule has 6 heteroatoms. The number of hydrogen-bond acceptors (Lipinski definition) is 5. The van der Waals surface area contributed by atoms with Gasteiger partial charge >= 0.3 is 0 Å². The lowest BCUT2D eigenvalue weighted by Gasteiger charge is -2.28. The molecule has 0 bridgehead atoms. The maximum atomic E-state index is 6.48. The Labute approximate surface area is 179 Å². The lowest BCUT2D eigenvalue weighted by molar-refractivity contribution is -0.0605. The molecule has 0 aromatic heterocycles. The summed E-state index contributed by atoms with van der Waals surface area (Å²) in [6.07, 6.45) is 0.700. The van der Waals surface area contributed by atoms with Gasteiger partial charge in [-0.2, -0.15) is 0 Å². The molecule has 29 heavy (non-hydrogen) atoms. The molecule has 2 aromatic carbocycles. The van der Waals surface area contributed by atoms with E-state index >= 15 is 0 Å². The molecule has 0 heterocycles. The van der Waals surface area contributed by atoms with E-state index in [4.69, 9.17) is 30.5 Å². The molecular formula is C23H32ClNO4. The van der Waals surface area contributed by atoms with E-state index in [0.29, 0.717) is 23.1 Å². The van der Waals surface area contributed by atoms with Gasteiger partial charge in [0, 0.05) is 6.54 Å². The Bertz CT molecular complexity index is 772. The zero-order valence-corrected chi connectivity index (χ0v) is 18.9. The van der Waals surface area contributed by atoms with E-state index in [1.165, 1.54) is 0 Å². The Hall–Kier alpha value is -1.95. The summed E-state index contributed by atoms with van der Waals surface area (Å²) in [6, 6.07) is 11.8. The highest BCUT2D eigenvalue weighted by atomic mass is 35.5. The highest BCUT2D eigenvalue weighted by molar-refractivity contribution is 6.33. The van der Waals surface area contributed by atoms with Crippen molar-refractivity contribution in [3.05, 3.63) is 52.5 Å². The summed E-state index contributed by atoms with van der Waals surface area (Å²) < 4.78 is 22.2. The van der Waals surface area contributed by atoms with Crippen LogP contribution in [0.4, 0.5) is 0 Å². The Morgan fingerprint density at radius 1 is 0.931 bits per heavy atom. The minimum Gasteiger partial charge on any atom is -0.497 e. The Morgan fingerprint density at radius 2 is 1.62 bits per heavy atom. The van der Waals surface area contributed by atoms with Crippen molar-refractivity contribution in [1.82, 2.24) is 5.32 Å². The molecular weight excluding hydrogens is 390 g/mol. The molecule has 0 aliphatic carbocycles. The molecule has 5 nitrogen and oxygen atoms in total. The quantitative estimate of drug-likeness (QED) is 0.543. The van der Waals surface area contributed by atoms with Crippen LogP contribution in [0.1, 0.15) is 38.0 Å². The molecule has 0 amide bonds. The normalized spacial score (nSPS) is 12.5. The van der Waals surface area contributed by atoms with Crippen LogP contribution in [0, 0.1) is 0 Å². The minimum atomic E-state index is -0.251. The maximum Gasteiger partial charge on any atom is 0.179 e. The first-order valence-electron chi connectivity index (χ1n) is 9.71. The van der Waals surface area contributed by atoms with E-state index in [1.807, 2.05) is 36.4 Å². The van der Waals surface area contributed by atoms with Crippen molar-refractivity contribution in [3.8, 4) is 17.2 Å². The van der Waals surface area contributed by atoms with Crippen molar-refractivity contribution in [1.29, 1.82) is 0 Å². The van der Waals surface area contributed by atoms with E-state index in [9.17, 15) is 0 Å². The average molecular weight is 422 g/mol. The van der Waals surface area contributed by atoms with Gasteiger partial charge in [0.2, 0.25) is 0 Å². The second kappa shape index (κ2) is 10.7. The molecule has 0 spiro atoms. The predicted octanol–water partition coefficient (Wildman–Crippen LogP) is 5.05. The van der Waals surface area contributed by atoms with Crippen LogP contribution in [0.5, 0.6) is 17.2 Å². The number of nitrogens with one attached hydrogen (secondary N) is 1. The topological polar surface area (TPSA) is 49.0 Å². The molecule has 0 fully saturated rings. The van der Waals surface area contributed by atoms with Gasteiger partial charge in [-0.1, -0.05) is 29.8 Å². The Balaban J connectivity index is 2.01. The van der Waals surface area contributed by atoms with E-state index in [2.05, 4.69) is 26.1 Å². The summed E-state index contributed by atoms with van der Waals surface area (Å²) >= 11 is 6.48. The summed E-state index contributed by atoms with van der Waals surface area (Å²) in [5.41, 5.74) is 1.87. The molecule has 2 aromatic rings. The molecule has 0 saturated heterocycles. The lowest BCUT2D eigenvalue weighted by atomic mass is 10.1. The SMILES string of the molecule is COc1ccc([C@@H](CNCCc2ccc(OC)c(OC)c2Cl)OC(C)(C)C)cc1. The molecule has 0 aliphatic rings. The standard InChI is InChI=1S/C23H32ClNO4/c1-23(2,3)29-20(16-7-10-18(26-4)11-8-16)15-25-14-13-17-9-12-19(27-5)22(28-6)21(17)24/h7-12,20,25H,13-15H2,1-6H3/t20-/m1/s1. The summed E-state index contributed by atoms with van der Waals surface area (Å²) in [5, 5.41) is 4.08. The number of methoxy groups -OCH3 is 3. The van der Waals surface area contributed by atoms with Crippen LogP contribution in [0.3, 0.4) is 0 Å². The highest BCUT2D eigenvalue weighted by Gasteiger charge is 2.20. The third-order valence-corrected chi connectivity index (χ3v) is 4.86. The van der Waals surface area contributed by atoms with Crippen LogP contribution in [-0.4, -0.2) is 40.0 Å². The van der Waals surface area contributed by atoms with Crippen LogP contribution < -0.4 is 19.5 Å². The van der Waals surface area contributed by atoms with E-state index < -0.39 is 0 Å². The van der Waals surface area contributed by atoms with Gasteiger partial charge in [-0.3, -0.25) is 0 Å². The first kappa shape index (κ1) is 23.3. The van der Waals surface area contributed by atoms with E-state index in [1.54, 1.807) is 21.3 Å². The number of halogens is 1. The third kappa shape index (κ3) is 6.81. The second-order valence-corrected chi connectivity index (χ2v) is 8.10. The van der Waals surface area contributed by atoms with Crippen molar-refractivity contribution in [2.24, 2.45) is 0 Å². The van der Waals surface area contributed by atoms with Crippen LogP contribution >= 0.6 is 11.6 Å². The van der Waals surface area contributed by atoms with Crippen LogP contribution in [0.2, 0.25) is 5.02 Å². The van der Waals surface area contributed by atoms with Crippen molar-refractivity contribution < 1.29 is 18.9 Å². The van der Waals surface area contributed by atoms with Gasteiger partial charge in [0.05, 0.1) is 38.1 Å². The molecule has 0 radical (unpaired) electrons. The highest BCUT2D eigenvalue weighted by Crippen LogP contribution is 2.37. The number of hydrogen-bond donors (Lipinski definition) is 1. The largest absolute Gasteiger partial charge is 0.497 e. The summed E-state index contributed by atoms with van der Waals surface area (Å²) in [7, 11) is 4.86. The zero-order chi connectivity index (χ0) is 21.4. The van der Waals surface area contributed by atoms with Crippen molar-refractivity contribution in [2.75, 3.05) is 34.4 Å². The summed E-state index contributed by atoms with van der Waals surface area (Å²) in [4.78, 5) is 0. The lowest BCUT2D eigenvalue weighted by Crippen LogP contribution is -2.31. The molecule has 1 atom stereocenters. The molecule has 1 N–H and O–H groups in total. The van der Waals surface area contributed by atoms with Gasteiger partial charge in [-0.05, 0) is 63.1 Å². The van der Waals surface area contributed by atoms with Gasteiger partial charge in [-0.15, -0.1) is 0 Å². The van der Waals surface area contributed by atoms with E-state index in [0.717, 1.165) is 29.8 Å². The minimum absolute atomic E-state index is 0.0678. The second-order valence-electron chi connectivity index (χ2n) is 7.72. The van der Waals surface area contributed by atoms with Gasteiger partial charge in [-0.25, -0.2) is 0 Å². The zero-order valence-electron chi connectivity index (χ0n) is 18.2. The van der Waals surface area contributed by atoms with E-state index in [-0.39, 0.29) is 11.7 Å². The number of benzene rings is 2. The fraction of sp³-hybridized carbons (Fsp3) is 0.478. The summed E-state index contributed by atoms with van der Waals surface area (Å²) in [5.74, 6) is 2.03. The third-order valence-electron chi connectivity index (χ3n) is 4.45. The van der Waals surface area contributed by atoms with Gasteiger partial charge in [0.1, 0.15) is 5.75 Å².